The quantitative estimate of drug-likeness (QED) is 0.868. The summed E-state index contributed by atoms with van der Waals surface area (Å²) >= 11 is 0. The van der Waals surface area contributed by atoms with Crippen molar-refractivity contribution in [2.45, 2.75) is 46.7 Å². The van der Waals surface area contributed by atoms with Crippen LogP contribution >= 0.6 is 0 Å². The van der Waals surface area contributed by atoms with Gasteiger partial charge in [0.2, 0.25) is 0 Å². The first-order chi connectivity index (χ1) is 7.77. The van der Waals surface area contributed by atoms with Gasteiger partial charge in [-0.3, -0.25) is 4.90 Å². The fraction of sp³-hybridized carbons (Fsp3) is 0.600. The van der Waals surface area contributed by atoms with Crippen LogP contribution in [0.4, 0.5) is 0 Å². The lowest BCUT2D eigenvalue weighted by Crippen LogP contribution is -2.46. The highest BCUT2D eigenvalue weighted by Crippen LogP contribution is 2.21. The molecule has 0 aliphatic rings. The average Bonchev–Trinajstić information content (AvgIpc) is 2.22. The number of benzene rings is 1. The summed E-state index contributed by atoms with van der Waals surface area (Å²) in [5, 5.41) is 0. The van der Waals surface area contributed by atoms with Gasteiger partial charge in [-0.1, -0.05) is 17.7 Å². The van der Waals surface area contributed by atoms with E-state index >= 15 is 0 Å². The van der Waals surface area contributed by atoms with Crippen molar-refractivity contribution < 1.29 is 0 Å². The Balaban J connectivity index is 2.96. The second-order valence-electron chi connectivity index (χ2n) is 5.75. The fourth-order valence-electron chi connectivity index (χ4n) is 2.07. The van der Waals surface area contributed by atoms with Crippen LogP contribution in [0.1, 0.15) is 36.1 Å². The van der Waals surface area contributed by atoms with Gasteiger partial charge in [0.25, 0.3) is 0 Å². The summed E-state index contributed by atoms with van der Waals surface area (Å²) < 4.78 is 0. The number of nitrogens with two attached hydrogens (primary N) is 1. The molecule has 0 aliphatic carbocycles. The maximum atomic E-state index is 5.82. The zero-order chi connectivity index (χ0) is 13.2. The standard InChI is InChI=1S/C15H26N2/c1-11-7-12(2)14(13(3)8-11)9-17(6)15(4,5)10-16/h7-8H,9-10,16H2,1-6H3. The highest BCUT2D eigenvalue weighted by molar-refractivity contribution is 5.37. The third kappa shape index (κ3) is 3.30. The van der Waals surface area contributed by atoms with Crippen molar-refractivity contribution in [3.05, 3.63) is 34.4 Å². The van der Waals surface area contributed by atoms with E-state index in [1.54, 1.807) is 0 Å². The molecule has 0 aromatic heterocycles. The summed E-state index contributed by atoms with van der Waals surface area (Å²) in [5.41, 5.74) is 11.4. The summed E-state index contributed by atoms with van der Waals surface area (Å²) in [6.07, 6.45) is 0. The molecule has 0 saturated heterocycles. The maximum absolute atomic E-state index is 5.82. The smallest absolute Gasteiger partial charge is 0.0275 e. The van der Waals surface area contributed by atoms with Crippen molar-refractivity contribution in [1.82, 2.24) is 4.90 Å². The van der Waals surface area contributed by atoms with Gasteiger partial charge in [0.15, 0.2) is 0 Å². The van der Waals surface area contributed by atoms with Gasteiger partial charge in [0, 0.05) is 18.6 Å². The molecule has 0 saturated carbocycles. The van der Waals surface area contributed by atoms with Crippen LogP contribution in [-0.4, -0.2) is 24.0 Å². The lowest BCUT2D eigenvalue weighted by Gasteiger charge is -2.35. The van der Waals surface area contributed by atoms with Crippen LogP contribution < -0.4 is 5.73 Å². The first kappa shape index (κ1) is 14.2. The summed E-state index contributed by atoms with van der Waals surface area (Å²) in [6.45, 7) is 12.5. The first-order valence-electron chi connectivity index (χ1n) is 6.26. The van der Waals surface area contributed by atoms with Crippen molar-refractivity contribution in [2.75, 3.05) is 13.6 Å². The van der Waals surface area contributed by atoms with E-state index in [1.165, 1.54) is 22.3 Å². The number of likely N-dealkylation sites (N-methyl/N-ethyl adjacent to an activating group) is 1. The Morgan fingerprint density at radius 2 is 1.59 bits per heavy atom. The molecule has 1 rings (SSSR count). The Morgan fingerprint density at radius 3 is 2.00 bits per heavy atom. The molecule has 2 nitrogen and oxygen atoms in total. The molecule has 0 unspecified atom stereocenters. The van der Waals surface area contributed by atoms with Crippen LogP contribution in [-0.2, 0) is 6.54 Å². The maximum Gasteiger partial charge on any atom is 0.0275 e. The molecule has 1 aromatic rings. The highest BCUT2D eigenvalue weighted by atomic mass is 15.2. The van der Waals surface area contributed by atoms with Crippen molar-refractivity contribution in [1.29, 1.82) is 0 Å². The van der Waals surface area contributed by atoms with Gasteiger partial charge in [0.05, 0.1) is 0 Å². The second-order valence-corrected chi connectivity index (χ2v) is 5.75. The molecule has 17 heavy (non-hydrogen) atoms. The van der Waals surface area contributed by atoms with Crippen LogP contribution in [0, 0.1) is 20.8 Å². The van der Waals surface area contributed by atoms with Crippen LogP contribution in [0.25, 0.3) is 0 Å². The van der Waals surface area contributed by atoms with Crippen molar-refractivity contribution in [2.24, 2.45) is 5.73 Å². The lowest BCUT2D eigenvalue weighted by atomic mass is 9.97. The van der Waals surface area contributed by atoms with E-state index < -0.39 is 0 Å². The SMILES string of the molecule is Cc1cc(C)c(CN(C)C(C)(C)CN)c(C)c1. The van der Waals surface area contributed by atoms with Gasteiger partial charge in [-0.05, 0) is 58.4 Å². The molecule has 2 heteroatoms. The Hall–Kier alpha value is -0.860. The van der Waals surface area contributed by atoms with E-state index in [2.05, 4.69) is 58.7 Å². The second kappa shape index (κ2) is 5.19. The van der Waals surface area contributed by atoms with E-state index in [0.717, 1.165) is 6.54 Å². The topological polar surface area (TPSA) is 29.3 Å². The third-order valence-corrected chi connectivity index (χ3v) is 3.77. The molecule has 0 radical (unpaired) electrons. The Bertz CT molecular complexity index is 371. The molecule has 96 valence electrons. The number of hydrogen-bond donors (Lipinski definition) is 1. The summed E-state index contributed by atoms with van der Waals surface area (Å²) in [7, 11) is 2.14. The number of nitrogens with zero attached hydrogens (tertiary/aromatic N) is 1. The van der Waals surface area contributed by atoms with Gasteiger partial charge < -0.3 is 5.73 Å². The molecule has 0 aliphatic heterocycles. The molecule has 2 N–H and O–H groups in total. The van der Waals surface area contributed by atoms with Crippen molar-refractivity contribution >= 4 is 0 Å². The van der Waals surface area contributed by atoms with Gasteiger partial charge >= 0.3 is 0 Å². The normalized spacial score (nSPS) is 12.2. The minimum atomic E-state index is 0.0454. The Kier molecular flexibility index (Phi) is 4.34. The average molecular weight is 234 g/mol. The number of rotatable bonds is 4. The summed E-state index contributed by atoms with van der Waals surface area (Å²) in [5.74, 6) is 0. The van der Waals surface area contributed by atoms with Gasteiger partial charge in [-0.25, -0.2) is 0 Å². The van der Waals surface area contributed by atoms with E-state index in [0.29, 0.717) is 6.54 Å². The molecule has 0 spiro atoms. The molecule has 0 amide bonds. The molecule has 0 atom stereocenters. The molecule has 0 fully saturated rings. The molecular weight excluding hydrogens is 208 g/mol. The number of hydrogen-bond acceptors (Lipinski definition) is 2. The van der Waals surface area contributed by atoms with E-state index in [4.69, 9.17) is 5.73 Å². The largest absolute Gasteiger partial charge is 0.329 e. The van der Waals surface area contributed by atoms with E-state index in [9.17, 15) is 0 Å². The Labute approximate surface area is 106 Å². The third-order valence-electron chi connectivity index (χ3n) is 3.77. The minimum Gasteiger partial charge on any atom is -0.329 e. The van der Waals surface area contributed by atoms with Crippen LogP contribution in [0.2, 0.25) is 0 Å². The zero-order valence-electron chi connectivity index (χ0n) is 12.1. The predicted octanol–water partition coefficient (Wildman–Crippen LogP) is 2.78. The van der Waals surface area contributed by atoms with Crippen molar-refractivity contribution in [3.8, 4) is 0 Å². The fourth-order valence-corrected chi connectivity index (χ4v) is 2.07. The zero-order valence-corrected chi connectivity index (χ0v) is 12.1. The first-order valence-corrected chi connectivity index (χ1v) is 6.26. The van der Waals surface area contributed by atoms with E-state index in [1.807, 2.05) is 0 Å². The van der Waals surface area contributed by atoms with Gasteiger partial charge in [-0.15, -0.1) is 0 Å². The Morgan fingerprint density at radius 1 is 1.12 bits per heavy atom. The van der Waals surface area contributed by atoms with Crippen LogP contribution in [0.3, 0.4) is 0 Å². The van der Waals surface area contributed by atoms with Crippen molar-refractivity contribution in [3.63, 3.8) is 0 Å². The van der Waals surface area contributed by atoms with Gasteiger partial charge in [-0.2, -0.15) is 0 Å². The van der Waals surface area contributed by atoms with E-state index in [-0.39, 0.29) is 5.54 Å². The molecular formula is C15H26N2. The summed E-state index contributed by atoms with van der Waals surface area (Å²) in [4.78, 5) is 2.33. The van der Waals surface area contributed by atoms with Crippen LogP contribution in [0.15, 0.2) is 12.1 Å². The number of aryl methyl sites for hydroxylation is 3. The molecule has 1 aromatic carbocycles. The highest BCUT2D eigenvalue weighted by Gasteiger charge is 2.22. The molecule has 0 heterocycles. The monoisotopic (exact) mass is 234 g/mol. The predicted molar refractivity (Wildman–Crippen MR) is 75.3 cm³/mol. The minimum absolute atomic E-state index is 0.0454. The molecule has 0 bridgehead atoms. The van der Waals surface area contributed by atoms with Crippen LogP contribution in [0.5, 0.6) is 0 Å². The lowest BCUT2D eigenvalue weighted by molar-refractivity contribution is 0.155. The summed E-state index contributed by atoms with van der Waals surface area (Å²) in [6, 6.07) is 4.51. The van der Waals surface area contributed by atoms with Gasteiger partial charge in [0.1, 0.15) is 0 Å².